The van der Waals surface area contributed by atoms with Crippen LogP contribution in [0.2, 0.25) is 0 Å². The second-order valence-electron chi connectivity index (χ2n) is 16.1. The fourth-order valence-electron chi connectivity index (χ4n) is 9.94. The summed E-state index contributed by atoms with van der Waals surface area (Å²) in [5, 5.41) is 9.65. The Hall–Kier alpha value is -8.14. The Kier molecular flexibility index (Phi) is 7.31. The standard InChI is InChI=1S/C58H36N2O/c1-2-16-42(17-3-1)59-53-25-9-6-19-47(53)51-35-38(28-30-55(51)59)40-32-41(46-23-13-24-50-49-21-8-11-27-57(49)61-58(46)50)34-43(33-40)60-54-26-10-7-20-48(54)52-36-39(29-31-56(52)60)45-22-12-15-37-14-4-5-18-44(37)45/h1-36H. The van der Waals surface area contributed by atoms with Gasteiger partial charge in [-0.2, -0.15) is 0 Å². The predicted molar refractivity (Wildman–Crippen MR) is 256 cm³/mol. The Morgan fingerprint density at radius 2 is 0.820 bits per heavy atom. The largest absolute Gasteiger partial charge is 0.455 e. The van der Waals surface area contributed by atoms with E-state index >= 15 is 0 Å². The lowest BCUT2D eigenvalue weighted by molar-refractivity contribution is 0.670. The maximum absolute atomic E-state index is 6.68. The van der Waals surface area contributed by atoms with Crippen LogP contribution in [0.5, 0.6) is 0 Å². The van der Waals surface area contributed by atoms with Gasteiger partial charge in [0.15, 0.2) is 0 Å². The minimum atomic E-state index is 0.894. The number of benzene rings is 10. The van der Waals surface area contributed by atoms with Crippen LogP contribution in [0.1, 0.15) is 0 Å². The van der Waals surface area contributed by atoms with Gasteiger partial charge in [-0.1, -0.05) is 146 Å². The second-order valence-corrected chi connectivity index (χ2v) is 16.1. The van der Waals surface area contributed by atoms with Crippen LogP contribution < -0.4 is 0 Å². The van der Waals surface area contributed by atoms with Gasteiger partial charge in [-0.3, -0.25) is 0 Å². The monoisotopic (exact) mass is 776 g/mol. The molecule has 10 aromatic carbocycles. The Morgan fingerprint density at radius 1 is 0.279 bits per heavy atom. The smallest absolute Gasteiger partial charge is 0.143 e. The van der Waals surface area contributed by atoms with Crippen LogP contribution in [0.4, 0.5) is 0 Å². The fraction of sp³-hybridized carbons (Fsp3) is 0. The van der Waals surface area contributed by atoms with Gasteiger partial charge < -0.3 is 13.6 Å². The molecular weight excluding hydrogens is 741 g/mol. The molecule has 0 atom stereocenters. The van der Waals surface area contributed by atoms with E-state index in [2.05, 4.69) is 221 Å². The molecular formula is C58H36N2O. The summed E-state index contributed by atoms with van der Waals surface area (Å²) in [5.41, 5.74) is 15.7. The van der Waals surface area contributed by atoms with E-state index in [-0.39, 0.29) is 0 Å². The molecule has 13 rings (SSSR count). The van der Waals surface area contributed by atoms with Crippen molar-refractivity contribution in [2.45, 2.75) is 0 Å². The third-order valence-corrected chi connectivity index (χ3v) is 12.7. The minimum absolute atomic E-state index is 0.894. The third kappa shape index (κ3) is 5.17. The molecule has 13 aromatic rings. The first kappa shape index (κ1) is 33.8. The van der Waals surface area contributed by atoms with Crippen LogP contribution in [0.25, 0.3) is 121 Å². The topological polar surface area (TPSA) is 23.0 Å². The fourth-order valence-corrected chi connectivity index (χ4v) is 9.94. The quantitative estimate of drug-likeness (QED) is 0.171. The third-order valence-electron chi connectivity index (χ3n) is 12.7. The van der Waals surface area contributed by atoms with Crippen LogP contribution in [0, 0.1) is 0 Å². The van der Waals surface area contributed by atoms with E-state index in [0.717, 1.165) is 61.1 Å². The van der Waals surface area contributed by atoms with Crippen molar-refractivity contribution in [2.24, 2.45) is 0 Å². The molecule has 61 heavy (non-hydrogen) atoms. The molecule has 0 aliphatic carbocycles. The van der Waals surface area contributed by atoms with Gasteiger partial charge in [0.2, 0.25) is 0 Å². The van der Waals surface area contributed by atoms with Gasteiger partial charge >= 0.3 is 0 Å². The highest BCUT2D eigenvalue weighted by Crippen LogP contribution is 2.42. The minimum Gasteiger partial charge on any atom is -0.455 e. The highest BCUT2D eigenvalue weighted by Gasteiger charge is 2.19. The average Bonchev–Trinajstić information content (AvgIpc) is 3.99. The SMILES string of the molecule is c1ccc(-n2c3ccccc3c3cc(-c4cc(-c5cccc6c5oc5ccccc56)cc(-n5c6ccccc6c6cc(-c7cccc8ccccc78)ccc65)c4)ccc32)cc1. The normalized spacial score (nSPS) is 11.9. The van der Waals surface area contributed by atoms with Crippen LogP contribution in [0.15, 0.2) is 223 Å². The maximum Gasteiger partial charge on any atom is 0.143 e. The van der Waals surface area contributed by atoms with Gasteiger partial charge in [-0.05, 0) is 111 Å². The Morgan fingerprint density at radius 3 is 1.61 bits per heavy atom. The summed E-state index contributed by atoms with van der Waals surface area (Å²) in [6.07, 6.45) is 0. The molecule has 0 saturated heterocycles. The zero-order chi connectivity index (χ0) is 40.0. The molecule has 0 N–H and O–H groups in total. The van der Waals surface area contributed by atoms with Crippen LogP contribution in [-0.4, -0.2) is 9.13 Å². The van der Waals surface area contributed by atoms with E-state index in [9.17, 15) is 0 Å². The van der Waals surface area contributed by atoms with E-state index in [1.165, 1.54) is 60.0 Å². The number of rotatable bonds is 5. The van der Waals surface area contributed by atoms with Crippen molar-refractivity contribution in [1.29, 1.82) is 0 Å². The number of fused-ring (bicyclic) bond motifs is 10. The number of hydrogen-bond acceptors (Lipinski definition) is 1. The van der Waals surface area contributed by atoms with Gasteiger partial charge in [0.25, 0.3) is 0 Å². The van der Waals surface area contributed by atoms with Gasteiger partial charge in [0.1, 0.15) is 11.2 Å². The molecule has 3 nitrogen and oxygen atoms in total. The predicted octanol–water partition coefficient (Wildman–Crippen LogP) is 15.9. The molecule has 0 aliphatic rings. The van der Waals surface area contributed by atoms with Gasteiger partial charge in [-0.25, -0.2) is 0 Å². The van der Waals surface area contributed by atoms with Crippen molar-refractivity contribution in [3.8, 4) is 44.8 Å². The van der Waals surface area contributed by atoms with Crippen molar-refractivity contribution in [3.05, 3.63) is 218 Å². The summed E-state index contributed by atoms with van der Waals surface area (Å²) >= 11 is 0. The summed E-state index contributed by atoms with van der Waals surface area (Å²) in [6.45, 7) is 0. The second kappa shape index (κ2) is 13.2. The number of nitrogens with zero attached hydrogens (tertiary/aromatic N) is 2. The first-order chi connectivity index (χ1) is 30.2. The maximum atomic E-state index is 6.68. The lowest BCUT2D eigenvalue weighted by atomic mass is 9.95. The molecule has 3 aromatic heterocycles. The van der Waals surface area contributed by atoms with Crippen molar-refractivity contribution >= 4 is 76.3 Å². The summed E-state index contributed by atoms with van der Waals surface area (Å²) in [6, 6.07) is 79.4. The summed E-state index contributed by atoms with van der Waals surface area (Å²) in [4.78, 5) is 0. The molecule has 0 radical (unpaired) electrons. The lowest BCUT2D eigenvalue weighted by Gasteiger charge is -2.15. The molecule has 0 fully saturated rings. The number of aromatic nitrogens is 2. The number of hydrogen-bond donors (Lipinski definition) is 0. The summed E-state index contributed by atoms with van der Waals surface area (Å²) in [7, 11) is 0. The van der Waals surface area contributed by atoms with Gasteiger partial charge in [0.05, 0.1) is 22.1 Å². The highest BCUT2D eigenvalue weighted by atomic mass is 16.3. The van der Waals surface area contributed by atoms with Crippen LogP contribution in [-0.2, 0) is 0 Å². The molecule has 0 unspecified atom stereocenters. The zero-order valence-corrected chi connectivity index (χ0v) is 33.1. The van der Waals surface area contributed by atoms with Crippen molar-refractivity contribution in [2.75, 3.05) is 0 Å². The van der Waals surface area contributed by atoms with Crippen molar-refractivity contribution in [3.63, 3.8) is 0 Å². The van der Waals surface area contributed by atoms with Crippen molar-refractivity contribution < 1.29 is 4.42 Å². The lowest BCUT2D eigenvalue weighted by Crippen LogP contribution is -1.96. The van der Waals surface area contributed by atoms with Crippen molar-refractivity contribution in [1.82, 2.24) is 9.13 Å². The van der Waals surface area contributed by atoms with Crippen LogP contribution >= 0.6 is 0 Å². The van der Waals surface area contributed by atoms with E-state index < -0.39 is 0 Å². The zero-order valence-electron chi connectivity index (χ0n) is 33.1. The van der Waals surface area contributed by atoms with Gasteiger partial charge in [-0.15, -0.1) is 0 Å². The highest BCUT2D eigenvalue weighted by molar-refractivity contribution is 6.14. The number of para-hydroxylation sites is 5. The average molecular weight is 777 g/mol. The first-order valence-electron chi connectivity index (χ1n) is 20.9. The molecule has 0 saturated carbocycles. The van der Waals surface area contributed by atoms with E-state index in [1.54, 1.807) is 0 Å². The molecule has 0 amide bonds. The molecule has 3 heterocycles. The Bertz CT molecular complexity index is 3880. The van der Waals surface area contributed by atoms with Crippen LogP contribution in [0.3, 0.4) is 0 Å². The van der Waals surface area contributed by atoms with E-state index in [0.29, 0.717) is 0 Å². The molecule has 0 spiro atoms. The molecule has 284 valence electrons. The Labute approximate surface area is 351 Å². The molecule has 3 heteroatoms. The summed E-state index contributed by atoms with van der Waals surface area (Å²) < 4.78 is 11.5. The Balaban J connectivity index is 1.07. The summed E-state index contributed by atoms with van der Waals surface area (Å²) in [5.74, 6) is 0. The molecule has 0 bridgehead atoms. The molecule has 0 aliphatic heterocycles. The first-order valence-corrected chi connectivity index (χ1v) is 20.9. The number of furan rings is 1. The van der Waals surface area contributed by atoms with Gasteiger partial charge in [0, 0.05) is 49.3 Å². The van der Waals surface area contributed by atoms with E-state index in [1.807, 2.05) is 6.07 Å². The van der Waals surface area contributed by atoms with E-state index in [4.69, 9.17) is 4.42 Å².